The number of fused-ring (bicyclic) bond motifs is 3. The Morgan fingerprint density at radius 3 is 3.04 bits per heavy atom. The van der Waals surface area contributed by atoms with Crippen LogP contribution in [0.4, 0.5) is 5.69 Å². The summed E-state index contributed by atoms with van der Waals surface area (Å²) < 4.78 is 12.8. The van der Waals surface area contributed by atoms with Gasteiger partial charge in [0.05, 0.1) is 30.3 Å². The molecule has 1 aliphatic heterocycles. The zero-order valence-electron chi connectivity index (χ0n) is 13.3. The SMILES string of the molecule is COc1ccccc1C(=O)Nc1ccc2c(c1)nc1n2CCOC1. The predicted octanol–water partition coefficient (Wildman–Crippen LogP) is 2.83. The van der Waals surface area contributed by atoms with Gasteiger partial charge >= 0.3 is 0 Å². The molecule has 1 amide bonds. The summed E-state index contributed by atoms with van der Waals surface area (Å²) >= 11 is 0. The molecule has 0 fully saturated rings. The summed E-state index contributed by atoms with van der Waals surface area (Å²) in [5.41, 5.74) is 3.12. The molecule has 0 bridgehead atoms. The van der Waals surface area contributed by atoms with Crippen LogP contribution in [0.2, 0.25) is 0 Å². The van der Waals surface area contributed by atoms with Gasteiger partial charge in [0, 0.05) is 12.2 Å². The van der Waals surface area contributed by atoms with E-state index >= 15 is 0 Å². The molecule has 0 aliphatic carbocycles. The maximum Gasteiger partial charge on any atom is 0.259 e. The van der Waals surface area contributed by atoms with Gasteiger partial charge in [0.25, 0.3) is 5.91 Å². The number of imidazole rings is 1. The molecule has 1 aliphatic rings. The van der Waals surface area contributed by atoms with Gasteiger partial charge in [0.1, 0.15) is 18.2 Å². The Morgan fingerprint density at radius 2 is 2.17 bits per heavy atom. The number of anilines is 1. The van der Waals surface area contributed by atoms with Crippen molar-refractivity contribution in [2.24, 2.45) is 0 Å². The molecule has 2 aromatic carbocycles. The zero-order chi connectivity index (χ0) is 16.5. The lowest BCUT2D eigenvalue weighted by Gasteiger charge is -2.14. The highest BCUT2D eigenvalue weighted by Gasteiger charge is 2.16. The molecule has 6 nitrogen and oxygen atoms in total. The van der Waals surface area contributed by atoms with Crippen LogP contribution in [0.25, 0.3) is 11.0 Å². The Balaban J connectivity index is 1.64. The smallest absolute Gasteiger partial charge is 0.259 e. The van der Waals surface area contributed by atoms with Crippen molar-refractivity contribution in [2.75, 3.05) is 19.0 Å². The number of hydrogen-bond acceptors (Lipinski definition) is 4. The molecule has 0 atom stereocenters. The van der Waals surface area contributed by atoms with E-state index in [0.717, 1.165) is 23.4 Å². The van der Waals surface area contributed by atoms with Crippen LogP contribution in [0.5, 0.6) is 5.75 Å². The summed E-state index contributed by atoms with van der Waals surface area (Å²) in [5, 5.41) is 2.91. The fourth-order valence-corrected chi connectivity index (χ4v) is 2.97. The molecule has 4 rings (SSSR count). The number of nitrogens with one attached hydrogen (secondary N) is 1. The number of carbonyl (C=O) groups excluding carboxylic acids is 1. The molecule has 122 valence electrons. The van der Waals surface area contributed by atoms with Crippen molar-refractivity contribution in [3.63, 3.8) is 0 Å². The second-order valence-electron chi connectivity index (χ2n) is 5.59. The van der Waals surface area contributed by atoms with Crippen molar-refractivity contribution in [3.8, 4) is 5.75 Å². The quantitative estimate of drug-likeness (QED) is 0.805. The van der Waals surface area contributed by atoms with Crippen molar-refractivity contribution in [3.05, 3.63) is 53.9 Å². The van der Waals surface area contributed by atoms with Crippen molar-refractivity contribution in [1.29, 1.82) is 0 Å². The first-order chi connectivity index (χ1) is 11.8. The van der Waals surface area contributed by atoms with Crippen molar-refractivity contribution in [2.45, 2.75) is 13.2 Å². The van der Waals surface area contributed by atoms with E-state index in [1.54, 1.807) is 19.2 Å². The minimum atomic E-state index is -0.209. The molecule has 0 saturated carbocycles. The summed E-state index contributed by atoms with van der Waals surface area (Å²) in [6.45, 7) is 2.03. The molecule has 6 heteroatoms. The van der Waals surface area contributed by atoms with Crippen molar-refractivity contribution in [1.82, 2.24) is 9.55 Å². The standard InChI is InChI=1S/C18H17N3O3/c1-23-16-5-3-2-4-13(16)18(22)19-12-6-7-15-14(10-12)20-17-11-24-9-8-21(15)17/h2-7,10H,8-9,11H2,1H3,(H,19,22). The predicted molar refractivity (Wildman–Crippen MR) is 90.3 cm³/mol. The van der Waals surface area contributed by atoms with Crippen LogP contribution < -0.4 is 10.1 Å². The highest BCUT2D eigenvalue weighted by Crippen LogP contribution is 2.24. The fourth-order valence-electron chi connectivity index (χ4n) is 2.97. The minimum Gasteiger partial charge on any atom is -0.496 e. The van der Waals surface area contributed by atoms with E-state index in [9.17, 15) is 4.79 Å². The highest BCUT2D eigenvalue weighted by molar-refractivity contribution is 6.06. The summed E-state index contributed by atoms with van der Waals surface area (Å²) in [6.07, 6.45) is 0. The second kappa shape index (κ2) is 5.98. The fraction of sp³-hybridized carbons (Fsp3) is 0.222. The van der Waals surface area contributed by atoms with Crippen molar-refractivity contribution >= 4 is 22.6 Å². The lowest BCUT2D eigenvalue weighted by Crippen LogP contribution is -2.16. The first-order valence-corrected chi connectivity index (χ1v) is 7.77. The van der Waals surface area contributed by atoms with Gasteiger partial charge in [0.2, 0.25) is 0 Å². The lowest BCUT2D eigenvalue weighted by molar-refractivity contribution is 0.0830. The molecule has 0 unspecified atom stereocenters. The van der Waals surface area contributed by atoms with Gasteiger partial charge < -0.3 is 19.4 Å². The Labute approximate surface area is 139 Å². The minimum absolute atomic E-state index is 0.209. The van der Waals surface area contributed by atoms with Gasteiger partial charge in [-0.25, -0.2) is 4.98 Å². The number of rotatable bonds is 3. The molecule has 1 N–H and O–H groups in total. The average molecular weight is 323 g/mol. The van der Waals surface area contributed by atoms with E-state index in [2.05, 4.69) is 14.9 Å². The average Bonchev–Trinajstić information content (AvgIpc) is 2.99. The van der Waals surface area contributed by atoms with E-state index < -0.39 is 0 Å². The first-order valence-electron chi connectivity index (χ1n) is 7.77. The molecule has 0 saturated heterocycles. The number of hydrogen-bond donors (Lipinski definition) is 1. The number of nitrogens with zero attached hydrogens (tertiary/aromatic N) is 2. The summed E-state index contributed by atoms with van der Waals surface area (Å²) in [5.74, 6) is 1.26. The van der Waals surface area contributed by atoms with Gasteiger partial charge in [-0.05, 0) is 30.3 Å². The molecule has 24 heavy (non-hydrogen) atoms. The number of aromatic nitrogens is 2. The lowest BCUT2D eigenvalue weighted by atomic mass is 10.2. The zero-order valence-corrected chi connectivity index (χ0v) is 13.3. The molecule has 3 aromatic rings. The van der Waals surface area contributed by atoms with Crippen molar-refractivity contribution < 1.29 is 14.3 Å². The molecular weight excluding hydrogens is 306 g/mol. The number of amides is 1. The van der Waals surface area contributed by atoms with Gasteiger partial charge in [-0.3, -0.25) is 4.79 Å². The van der Waals surface area contributed by atoms with E-state index in [4.69, 9.17) is 9.47 Å². The third kappa shape index (κ3) is 2.51. The molecule has 1 aromatic heterocycles. The topological polar surface area (TPSA) is 65.4 Å². The van der Waals surface area contributed by atoms with Gasteiger partial charge in [-0.2, -0.15) is 0 Å². The van der Waals surface area contributed by atoms with Gasteiger partial charge in [-0.15, -0.1) is 0 Å². The third-order valence-electron chi connectivity index (χ3n) is 4.13. The largest absolute Gasteiger partial charge is 0.496 e. The van der Waals surface area contributed by atoms with Crippen LogP contribution in [0.15, 0.2) is 42.5 Å². The maximum atomic E-state index is 12.5. The third-order valence-corrected chi connectivity index (χ3v) is 4.13. The van der Waals surface area contributed by atoms with E-state index in [1.807, 2.05) is 30.3 Å². The van der Waals surface area contributed by atoms with Crippen LogP contribution >= 0.6 is 0 Å². The van der Waals surface area contributed by atoms with E-state index in [1.165, 1.54) is 0 Å². The summed E-state index contributed by atoms with van der Waals surface area (Å²) in [4.78, 5) is 17.1. The number of methoxy groups -OCH3 is 1. The molecule has 0 radical (unpaired) electrons. The second-order valence-corrected chi connectivity index (χ2v) is 5.59. The number of ether oxygens (including phenoxy) is 2. The Bertz CT molecular complexity index is 917. The Hall–Kier alpha value is -2.86. The number of benzene rings is 2. The van der Waals surface area contributed by atoms with E-state index in [-0.39, 0.29) is 5.91 Å². The van der Waals surface area contributed by atoms with Crippen LogP contribution in [-0.2, 0) is 17.9 Å². The summed E-state index contributed by atoms with van der Waals surface area (Å²) in [6, 6.07) is 12.9. The van der Waals surface area contributed by atoms with Crippen LogP contribution in [0, 0.1) is 0 Å². The van der Waals surface area contributed by atoms with Gasteiger partial charge in [0.15, 0.2) is 0 Å². The highest BCUT2D eigenvalue weighted by atomic mass is 16.5. The van der Waals surface area contributed by atoms with Crippen LogP contribution in [0.3, 0.4) is 0 Å². The Morgan fingerprint density at radius 1 is 1.29 bits per heavy atom. The number of para-hydroxylation sites is 1. The number of carbonyl (C=O) groups is 1. The maximum absolute atomic E-state index is 12.5. The summed E-state index contributed by atoms with van der Waals surface area (Å²) in [7, 11) is 1.55. The van der Waals surface area contributed by atoms with Crippen LogP contribution in [-0.4, -0.2) is 29.2 Å². The monoisotopic (exact) mass is 323 g/mol. The van der Waals surface area contributed by atoms with E-state index in [0.29, 0.717) is 30.2 Å². The van der Waals surface area contributed by atoms with Gasteiger partial charge in [-0.1, -0.05) is 12.1 Å². The Kier molecular flexibility index (Phi) is 3.66. The van der Waals surface area contributed by atoms with Crippen LogP contribution in [0.1, 0.15) is 16.2 Å². The molecule has 2 heterocycles. The molecule has 0 spiro atoms. The normalized spacial score (nSPS) is 13.5. The first kappa shape index (κ1) is 14.7. The molecular formula is C18H17N3O3.